The van der Waals surface area contributed by atoms with Crippen molar-refractivity contribution in [3.05, 3.63) is 42.2 Å². The van der Waals surface area contributed by atoms with E-state index in [-0.39, 0.29) is 5.97 Å². The molecule has 0 amide bonds. The molecule has 0 bridgehead atoms. The Morgan fingerprint density at radius 3 is 2.94 bits per heavy atom. The van der Waals surface area contributed by atoms with Crippen LogP contribution in [0.1, 0.15) is 25.5 Å². The summed E-state index contributed by atoms with van der Waals surface area (Å²) in [6.07, 6.45) is 3.86. The molecular formula is C15H17NO2. The molecule has 0 N–H and O–H groups in total. The van der Waals surface area contributed by atoms with E-state index in [0.717, 1.165) is 18.5 Å². The molecule has 0 spiro atoms. The average Bonchev–Trinajstić information content (AvgIpc) is 2.39. The van der Waals surface area contributed by atoms with Crippen molar-refractivity contribution in [3.63, 3.8) is 0 Å². The number of aromatic nitrogens is 1. The lowest BCUT2D eigenvalue weighted by Crippen LogP contribution is -2.04. The number of carbonyl (C=O) groups excluding carboxylic acids is 1. The zero-order valence-corrected chi connectivity index (χ0v) is 10.6. The second kappa shape index (κ2) is 6.15. The number of esters is 1. The summed E-state index contributed by atoms with van der Waals surface area (Å²) in [5, 5.41) is 2.36. The van der Waals surface area contributed by atoms with Gasteiger partial charge in [0.05, 0.1) is 6.61 Å². The minimum atomic E-state index is -0.127. The molecule has 1 heterocycles. The molecule has 0 fully saturated rings. The third kappa shape index (κ3) is 3.06. The molecule has 18 heavy (non-hydrogen) atoms. The Labute approximate surface area is 107 Å². The van der Waals surface area contributed by atoms with Crippen LogP contribution < -0.4 is 0 Å². The molecule has 2 rings (SSSR count). The summed E-state index contributed by atoms with van der Waals surface area (Å²) in [6, 6.07) is 10.2. The van der Waals surface area contributed by atoms with Crippen molar-refractivity contribution >= 4 is 16.7 Å². The summed E-state index contributed by atoms with van der Waals surface area (Å²) in [6.45, 7) is 2.27. The SMILES string of the molecule is CCOC(=O)CCCc1nccc2ccccc12. The number of pyridine rings is 1. The van der Waals surface area contributed by atoms with Crippen LogP contribution in [0.4, 0.5) is 0 Å². The molecule has 0 aliphatic heterocycles. The maximum absolute atomic E-state index is 11.3. The predicted octanol–water partition coefficient (Wildman–Crippen LogP) is 3.12. The maximum atomic E-state index is 11.3. The average molecular weight is 243 g/mol. The number of benzene rings is 1. The Hall–Kier alpha value is -1.90. The normalized spacial score (nSPS) is 10.5. The third-order valence-corrected chi connectivity index (χ3v) is 2.86. The van der Waals surface area contributed by atoms with Gasteiger partial charge in [0.1, 0.15) is 0 Å². The Balaban J connectivity index is 2.01. The van der Waals surface area contributed by atoms with Gasteiger partial charge in [-0.25, -0.2) is 0 Å². The number of hydrogen-bond acceptors (Lipinski definition) is 3. The Kier molecular flexibility index (Phi) is 4.29. The van der Waals surface area contributed by atoms with Crippen LogP contribution >= 0.6 is 0 Å². The monoisotopic (exact) mass is 243 g/mol. The lowest BCUT2D eigenvalue weighted by Gasteiger charge is -2.05. The van der Waals surface area contributed by atoms with Gasteiger partial charge < -0.3 is 4.74 Å². The van der Waals surface area contributed by atoms with E-state index in [1.165, 1.54) is 10.8 Å². The fourth-order valence-corrected chi connectivity index (χ4v) is 2.01. The van der Waals surface area contributed by atoms with Crippen LogP contribution in [0.15, 0.2) is 36.5 Å². The van der Waals surface area contributed by atoms with Crippen LogP contribution in [0.25, 0.3) is 10.8 Å². The van der Waals surface area contributed by atoms with Gasteiger partial charge in [0.25, 0.3) is 0 Å². The number of fused-ring (bicyclic) bond motifs is 1. The number of ether oxygens (including phenoxy) is 1. The molecule has 0 unspecified atom stereocenters. The smallest absolute Gasteiger partial charge is 0.305 e. The predicted molar refractivity (Wildman–Crippen MR) is 71.3 cm³/mol. The molecule has 0 atom stereocenters. The van der Waals surface area contributed by atoms with Crippen molar-refractivity contribution in [1.82, 2.24) is 4.98 Å². The van der Waals surface area contributed by atoms with Crippen LogP contribution in [-0.4, -0.2) is 17.6 Å². The summed E-state index contributed by atoms with van der Waals surface area (Å²) in [5.74, 6) is -0.127. The number of carbonyl (C=O) groups is 1. The second-order valence-electron chi connectivity index (χ2n) is 4.14. The summed E-state index contributed by atoms with van der Waals surface area (Å²) in [5.41, 5.74) is 1.05. The molecule has 0 radical (unpaired) electrons. The summed E-state index contributed by atoms with van der Waals surface area (Å²) in [7, 11) is 0. The quantitative estimate of drug-likeness (QED) is 0.757. The van der Waals surface area contributed by atoms with Crippen molar-refractivity contribution in [2.45, 2.75) is 26.2 Å². The highest BCUT2D eigenvalue weighted by atomic mass is 16.5. The number of rotatable bonds is 5. The van der Waals surface area contributed by atoms with Gasteiger partial charge in [0, 0.05) is 23.7 Å². The van der Waals surface area contributed by atoms with Crippen molar-refractivity contribution in [2.75, 3.05) is 6.61 Å². The van der Waals surface area contributed by atoms with Gasteiger partial charge in [-0.3, -0.25) is 9.78 Å². The number of aryl methyl sites for hydroxylation is 1. The van der Waals surface area contributed by atoms with Crippen molar-refractivity contribution in [1.29, 1.82) is 0 Å². The Morgan fingerprint density at radius 1 is 1.28 bits per heavy atom. The number of hydrogen-bond donors (Lipinski definition) is 0. The maximum Gasteiger partial charge on any atom is 0.305 e. The molecule has 3 nitrogen and oxygen atoms in total. The Morgan fingerprint density at radius 2 is 2.11 bits per heavy atom. The van der Waals surface area contributed by atoms with E-state index >= 15 is 0 Å². The van der Waals surface area contributed by atoms with Crippen LogP contribution in [0.2, 0.25) is 0 Å². The Bertz CT molecular complexity index is 532. The van der Waals surface area contributed by atoms with Crippen molar-refractivity contribution in [2.24, 2.45) is 0 Å². The zero-order valence-electron chi connectivity index (χ0n) is 10.6. The second-order valence-corrected chi connectivity index (χ2v) is 4.14. The minimum Gasteiger partial charge on any atom is -0.466 e. The third-order valence-electron chi connectivity index (χ3n) is 2.86. The van der Waals surface area contributed by atoms with Crippen LogP contribution in [0, 0.1) is 0 Å². The summed E-state index contributed by atoms with van der Waals surface area (Å²) in [4.78, 5) is 15.7. The molecule has 0 saturated carbocycles. The van der Waals surface area contributed by atoms with E-state index < -0.39 is 0 Å². The highest BCUT2D eigenvalue weighted by Crippen LogP contribution is 2.17. The topological polar surface area (TPSA) is 39.2 Å². The van der Waals surface area contributed by atoms with Crippen LogP contribution in [-0.2, 0) is 16.0 Å². The minimum absolute atomic E-state index is 0.127. The van der Waals surface area contributed by atoms with Gasteiger partial charge in [-0.05, 0) is 31.2 Å². The first kappa shape index (κ1) is 12.6. The standard InChI is InChI=1S/C15H17NO2/c1-2-18-15(17)9-5-8-14-13-7-4-3-6-12(13)10-11-16-14/h3-4,6-7,10-11H,2,5,8-9H2,1H3. The molecule has 3 heteroatoms. The number of nitrogens with zero attached hydrogens (tertiary/aromatic N) is 1. The first-order chi connectivity index (χ1) is 8.81. The van der Waals surface area contributed by atoms with E-state index in [9.17, 15) is 4.79 Å². The highest BCUT2D eigenvalue weighted by Gasteiger charge is 2.05. The van der Waals surface area contributed by atoms with E-state index in [1.807, 2.05) is 31.3 Å². The van der Waals surface area contributed by atoms with Gasteiger partial charge in [-0.1, -0.05) is 24.3 Å². The van der Waals surface area contributed by atoms with Gasteiger partial charge >= 0.3 is 5.97 Å². The molecule has 0 aliphatic carbocycles. The molecule has 0 saturated heterocycles. The fraction of sp³-hybridized carbons (Fsp3) is 0.333. The molecule has 0 aliphatic rings. The van der Waals surface area contributed by atoms with E-state index in [2.05, 4.69) is 17.1 Å². The van der Waals surface area contributed by atoms with E-state index in [0.29, 0.717) is 13.0 Å². The van der Waals surface area contributed by atoms with Gasteiger partial charge in [0.15, 0.2) is 0 Å². The fourth-order valence-electron chi connectivity index (χ4n) is 2.01. The summed E-state index contributed by atoms with van der Waals surface area (Å²) < 4.78 is 4.91. The van der Waals surface area contributed by atoms with E-state index in [1.54, 1.807) is 0 Å². The van der Waals surface area contributed by atoms with Gasteiger partial charge in [-0.2, -0.15) is 0 Å². The van der Waals surface area contributed by atoms with Crippen LogP contribution in [0.3, 0.4) is 0 Å². The summed E-state index contributed by atoms with van der Waals surface area (Å²) >= 11 is 0. The molecule has 1 aromatic heterocycles. The molecule has 1 aromatic carbocycles. The van der Waals surface area contributed by atoms with Crippen LogP contribution in [0.5, 0.6) is 0 Å². The van der Waals surface area contributed by atoms with Crippen molar-refractivity contribution in [3.8, 4) is 0 Å². The highest BCUT2D eigenvalue weighted by molar-refractivity contribution is 5.84. The molecule has 94 valence electrons. The lowest BCUT2D eigenvalue weighted by atomic mass is 10.1. The zero-order chi connectivity index (χ0) is 12.8. The first-order valence-electron chi connectivity index (χ1n) is 6.29. The van der Waals surface area contributed by atoms with Gasteiger partial charge in [-0.15, -0.1) is 0 Å². The molecular weight excluding hydrogens is 226 g/mol. The van der Waals surface area contributed by atoms with Gasteiger partial charge in [0.2, 0.25) is 0 Å². The largest absolute Gasteiger partial charge is 0.466 e. The van der Waals surface area contributed by atoms with Crippen molar-refractivity contribution < 1.29 is 9.53 Å². The molecule has 2 aromatic rings. The lowest BCUT2D eigenvalue weighted by molar-refractivity contribution is -0.143. The van der Waals surface area contributed by atoms with E-state index in [4.69, 9.17) is 4.74 Å². The first-order valence-corrected chi connectivity index (χ1v) is 6.29.